The summed E-state index contributed by atoms with van der Waals surface area (Å²) in [4.78, 5) is 28.9. The molecule has 0 saturated heterocycles. The minimum absolute atomic E-state index is 0.0944. The van der Waals surface area contributed by atoms with Gasteiger partial charge in [0.15, 0.2) is 0 Å². The number of phosphoric ester groups is 1. The minimum atomic E-state index is -4.71. The summed E-state index contributed by atoms with van der Waals surface area (Å²) < 4.78 is 14.9. The third-order valence-electron chi connectivity index (χ3n) is 4.75. The first-order valence-corrected chi connectivity index (χ1v) is 12.3. The molecule has 27 heavy (non-hydrogen) atoms. The second-order valence-electron chi connectivity index (χ2n) is 7.48. The summed E-state index contributed by atoms with van der Waals surface area (Å²) >= 11 is 0. The van der Waals surface area contributed by atoms with E-state index in [1.54, 1.807) is 0 Å². The standard InChI is InChI=1S/C21H41O5P/c1-3-5-6-7-8-9-10-11-12-13-14-15-16-18-20(17-4-2)19-21(22)26-27(23,24)25/h11-12,20H,3-10,13-19H2,1-2H3,(H2,23,24,25)/b12-11-. The van der Waals surface area contributed by atoms with Crippen LogP contribution in [-0.2, 0) is 13.9 Å². The number of carbonyl (C=O) groups excluding carboxylic acids is 1. The molecule has 0 aliphatic carbocycles. The summed E-state index contributed by atoms with van der Waals surface area (Å²) in [6, 6.07) is 0. The van der Waals surface area contributed by atoms with Crippen LogP contribution in [-0.4, -0.2) is 15.8 Å². The zero-order chi connectivity index (χ0) is 20.4. The van der Waals surface area contributed by atoms with E-state index in [0.717, 1.165) is 44.9 Å². The molecular weight excluding hydrogens is 363 g/mol. The summed E-state index contributed by atoms with van der Waals surface area (Å²) in [5.74, 6) is -0.642. The molecule has 0 aliphatic heterocycles. The summed E-state index contributed by atoms with van der Waals surface area (Å²) in [6.07, 6.45) is 21.1. The number of unbranched alkanes of at least 4 members (excludes halogenated alkanes) is 9. The molecule has 0 aromatic rings. The van der Waals surface area contributed by atoms with Crippen LogP contribution < -0.4 is 0 Å². The van der Waals surface area contributed by atoms with Gasteiger partial charge in [0.05, 0.1) is 0 Å². The molecule has 1 unspecified atom stereocenters. The summed E-state index contributed by atoms with van der Waals surface area (Å²) in [6.45, 7) is 4.29. The van der Waals surface area contributed by atoms with Crippen LogP contribution >= 0.6 is 7.82 Å². The fourth-order valence-corrected chi connectivity index (χ4v) is 3.65. The molecule has 6 heteroatoms. The van der Waals surface area contributed by atoms with E-state index in [9.17, 15) is 9.36 Å². The molecule has 0 amide bonds. The number of rotatable bonds is 18. The lowest BCUT2D eigenvalue weighted by molar-refractivity contribution is -0.136. The van der Waals surface area contributed by atoms with Crippen molar-refractivity contribution in [3.05, 3.63) is 12.2 Å². The van der Waals surface area contributed by atoms with Crippen LogP contribution in [0.1, 0.15) is 110 Å². The third kappa shape index (κ3) is 19.9. The largest absolute Gasteiger partial charge is 0.526 e. The molecule has 0 fully saturated rings. The fraction of sp³-hybridized carbons (Fsp3) is 0.857. The molecule has 5 nitrogen and oxygen atoms in total. The van der Waals surface area contributed by atoms with Crippen molar-refractivity contribution in [3.63, 3.8) is 0 Å². The Morgan fingerprint density at radius 2 is 1.41 bits per heavy atom. The Kier molecular flexibility index (Phi) is 17.0. The second kappa shape index (κ2) is 17.5. The highest BCUT2D eigenvalue weighted by molar-refractivity contribution is 7.46. The number of carbonyl (C=O) groups is 1. The number of hydrogen-bond acceptors (Lipinski definition) is 3. The lowest BCUT2D eigenvalue weighted by Crippen LogP contribution is -2.11. The van der Waals surface area contributed by atoms with E-state index >= 15 is 0 Å². The van der Waals surface area contributed by atoms with E-state index in [0.29, 0.717) is 0 Å². The average Bonchev–Trinajstić information content (AvgIpc) is 2.57. The van der Waals surface area contributed by atoms with E-state index in [-0.39, 0.29) is 12.3 Å². The third-order valence-corrected chi connectivity index (χ3v) is 5.19. The van der Waals surface area contributed by atoms with Gasteiger partial charge in [-0.25, -0.2) is 4.57 Å². The zero-order valence-electron chi connectivity index (χ0n) is 17.4. The molecule has 0 rings (SSSR count). The maximum Gasteiger partial charge on any atom is 0.526 e. The van der Waals surface area contributed by atoms with Crippen LogP contribution in [0.2, 0.25) is 0 Å². The number of hydrogen-bond donors (Lipinski definition) is 2. The quantitative estimate of drug-likeness (QED) is 0.151. The van der Waals surface area contributed by atoms with E-state index in [2.05, 4.69) is 30.5 Å². The van der Waals surface area contributed by atoms with Gasteiger partial charge in [0.2, 0.25) is 0 Å². The second-order valence-corrected chi connectivity index (χ2v) is 8.64. The summed E-state index contributed by atoms with van der Waals surface area (Å²) in [5, 5.41) is 0. The van der Waals surface area contributed by atoms with Crippen LogP contribution in [0.3, 0.4) is 0 Å². The molecule has 0 aromatic carbocycles. The smallest absolute Gasteiger partial charge is 0.371 e. The van der Waals surface area contributed by atoms with Gasteiger partial charge in [-0.15, -0.1) is 0 Å². The average molecular weight is 405 g/mol. The molecule has 2 N–H and O–H groups in total. The SMILES string of the molecule is CCCCCCCC/C=C\CCCCCC(CCC)CC(=O)OP(=O)(O)O. The predicted molar refractivity (Wildman–Crippen MR) is 111 cm³/mol. The van der Waals surface area contributed by atoms with Gasteiger partial charge in [-0.2, -0.15) is 0 Å². The van der Waals surface area contributed by atoms with Crippen LogP contribution in [0, 0.1) is 5.92 Å². The van der Waals surface area contributed by atoms with Crippen LogP contribution in [0.5, 0.6) is 0 Å². The van der Waals surface area contributed by atoms with Crippen LogP contribution in [0.15, 0.2) is 12.2 Å². The van der Waals surface area contributed by atoms with Gasteiger partial charge in [-0.3, -0.25) is 14.6 Å². The lowest BCUT2D eigenvalue weighted by Gasteiger charge is -2.15. The lowest BCUT2D eigenvalue weighted by atomic mass is 9.93. The van der Waals surface area contributed by atoms with Crippen molar-refractivity contribution in [2.75, 3.05) is 0 Å². The maximum atomic E-state index is 11.6. The molecule has 0 saturated carbocycles. The normalized spacial score (nSPS) is 13.2. The van der Waals surface area contributed by atoms with Crippen molar-refractivity contribution in [1.82, 2.24) is 0 Å². The summed E-state index contributed by atoms with van der Waals surface area (Å²) in [5.41, 5.74) is 0. The van der Waals surface area contributed by atoms with E-state index < -0.39 is 13.8 Å². The monoisotopic (exact) mass is 404 g/mol. The molecule has 0 radical (unpaired) electrons. The van der Waals surface area contributed by atoms with Gasteiger partial charge in [0, 0.05) is 6.42 Å². The van der Waals surface area contributed by atoms with Gasteiger partial charge >= 0.3 is 13.8 Å². The molecule has 0 bridgehead atoms. The fourth-order valence-electron chi connectivity index (χ4n) is 3.31. The molecule has 0 aliphatic rings. The summed E-state index contributed by atoms with van der Waals surface area (Å²) in [7, 11) is -4.71. The van der Waals surface area contributed by atoms with Gasteiger partial charge < -0.3 is 4.52 Å². The van der Waals surface area contributed by atoms with Crippen molar-refractivity contribution in [1.29, 1.82) is 0 Å². The molecular formula is C21H41O5P. The first-order chi connectivity index (χ1) is 12.9. The maximum absolute atomic E-state index is 11.6. The molecule has 1 atom stereocenters. The van der Waals surface area contributed by atoms with Crippen molar-refractivity contribution >= 4 is 13.8 Å². The molecule has 0 aromatic heterocycles. The van der Waals surface area contributed by atoms with Gasteiger partial charge in [0.1, 0.15) is 0 Å². The zero-order valence-corrected chi connectivity index (χ0v) is 18.3. The van der Waals surface area contributed by atoms with Crippen LogP contribution in [0.25, 0.3) is 0 Å². The Morgan fingerprint density at radius 3 is 1.96 bits per heavy atom. The van der Waals surface area contributed by atoms with Crippen LogP contribution in [0.4, 0.5) is 0 Å². The Balaban J connectivity index is 3.70. The van der Waals surface area contributed by atoms with Crippen molar-refractivity contribution in [3.8, 4) is 0 Å². The minimum Gasteiger partial charge on any atom is -0.371 e. The van der Waals surface area contributed by atoms with Crippen molar-refractivity contribution < 1.29 is 23.7 Å². The molecule has 0 heterocycles. The van der Waals surface area contributed by atoms with E-state index in [1.165, 1.54) is 44.9 Å². The van der Waals surface area contributed by atoms with Crippen molar-refractivity contribution in [2.24, 2.45) is 5.92 Å². The highest BCUT2D eigenvalue weighted by Crippen LogP contribution is 2.37. The van der Waals surface area contributed by atoms with Gasteiger partial charge in [-0.1, -0.05) is 83.8 Å². The Hall–Kier alpha value is -0.640. The Labute approximate surface area is 166 Å². The topological polar surface area (TPSA) is 83.8 Å². The first-order valence-electron chi connectivity index (χ1n) is 10.8. The number of phosphoric acid groups is 1. The van der Waals surface area contributed by atoms with Crippen molar-refractivity contribution in [2.45, 2.75) is 110 Å². The van der Waals surface area contributed by atoms with Gasteiger partial charge in [-0.05, 0) is 38.0 Å². The van der Waals surface area contributed by atoms with E-state index in [4.69, 9.17) is 9.79 Å². The Bertz CT molecular complexity index is 430. The highest BCUT2D eigenvalue weighted by atomic mass is 31.2. The first kappa shape index (κ1) is 26.4. The number of allylic oxidation sites excluding steroid dienone is 2. The van der Waals surface area contributed by atoms with Gasteiger partial charge in [0.25, 0.3) is 0 Å². The molecule has 0 spiro atoms. The highest BCUT2D eigenvalue weighted by Gasteiger charge is 2.22. The Morgan fingerprint density at radius 1 is 0.852 bits per heavy atom. The predicted octanol–water partition coefficient (Wildman–Crippen LogP) is 6.69. The molecule has 160 valence electrons. The van der Waals surface area contributed by atoms with E-state index in [1.807, 2.05) is 0 Å².